The van der Waals surface area contributed by atoms with Crippen LogP contribution in [0.2, 0.25) is 5.02 Å². The van der Waals surface area contributed by atoms with E-state index in [1.54, 1.807) is 31.4 Å². The van der Waals surface area contributed by atoms with Crippen LogP contribution >= 0.6 is 11.6 Å². The minimum Gasteiger partial charge on any atom is -0.464 e. The third-order valence-electron chi connectivity index (χ3n) is 3.07. The summed E-state index contributed by atoms with van der Waals surface area (Å²) >= 11 is 6.12. The van der Waals surface area contributed by atoms with Crippen molar-refractivity contribution in [3.63, 3.8) is 0 Å². The normalized spacial score (nSPS) is 10.8. The number of halogens is 1. The molecule has 106 valence electrons. The summed E-state index contributed by atoms with van der Waals surface area (Å²) in [4.78, 5) is 20.3. The number of hydrogen-bond acceptors (Lipinski definition) is 5. The Morgan fingerprint density at radius 2 is 2.10 bits per heavy atom. The number of aryl methyl sites for hydroxylation is 1. The Labute approximate surface area is 125 Å². The van der Waals surface area contributed by atoms with Gasteiger partial charge in [0.05, 0.1) is 23.3 Å². The van der Waals surface area contributed by atoms with Gasteiger partial charge >= 0.3 is 5.97 Å². The Morgan fingerprint density at radius 1 is 1.29 bits per heavy atom. The van der Waals surface area contributed by atoms with Crippen molar-refractivity contribution in [2.45, 2.75) is 0 Å². The second kappa shape index (κ2) is 5.14. The number of pyridine rings is 2. The predicted molar refractivity (Wildman–Crippen MR) is 78.1 cm³/mol. The molecule has 0 amide bonds. The Morgan fingerprint density at radius 3 is 2.86 bits per heavy atom. The molecule has 0 saturated carbocycles. The van der Waals surface area contributed by atoms with Crippen molar-refractivity contribution in [3.8, 4) is 11.4 Å². The molecule has 0 bridgehead atoms. The van der Waals surface area contributed by atoms with Crippen LogP contribution in [0.3, 0.4) is 0 Å². The number of rotatable bonds is 2. The van der Waals surface area contributed by atoms with Gasteiger partial charge in [-0.3, -0.25) is 9.67 Å². The molecule has 0 saturated heterocycles. The van der Waals surface area contributed by atoms with Crippen LogP contribution in [-0.2, 0) is 11.8 Å². The van der Waals surface area contributed by atoms with Gasteiger partial charge in [0.1, 0.15) is 16.9 Å². The standard InChI is InChI=1S/C14H11ClN4O2/c1-19-12(14(20)21-2)7-11(18-19)9-3-4-10-13(17-9)8(15)5-6-16-10/h3-7H,1-2H3. The zero-order valence-electron chi connectivity index (χ0n) is 11.4. The van der Waals surface area contributed by atoms with Gasteiger partial charge in [0.25, 0.3) is 0 Å². The Hall–Kier alpha value is -2.47. The van der Waals surface area contributed by atoms with Crippen molar-refractivity contribution in [2.75, 3.05) is 7.11 Å². The molecule has 3 aromatic rings. The van der Waals surface area contributed by atoms with Gasteiger partial charge in [0.15, 0.2) is 0 Å². The molecule has 0 fully saturated rings. The van der Waals surface area contributed by atoms with Crippen LogP contribution in [0.15, 0.2) is 30.5 Å². The van der Waals surface area contributed by atoms with Crippen molar-refractivity contribution in [3.05, 3.63) is 41.2 Å². The first-order valence-electron chi connectivity index (χ1n) is 6.14. The highest BCUT2D eigenvalue weighted by Gasteiger charge is 2.15. The molecule has 0 aliphatic rings. The lowest BCUT2D eigenvalue weighted by molar-refractivity contribution is 0.0588. The van der Waals surface area contributed by atoms with Gasteiger partial charge in [0.2, 0.25) is 0 Å². The first-order valence-corrected chi connectivity index (χ1v) is 6.52. The lowest BCUT2D eigenvalue weighted by Crippen LogP contribution is -2.07. The van der Waals surface area contributed by atoms with Crippen molar-refractivity contribution >= 4 is 28.6 Å². The molecule has 21 heavy (non-hydrogen) atoms. The molecule has 0 aliphatic heterocycles. The zero-order valence-corrected chi connectivity index (χ0v) is 12.1. The molecule has 7 heteroatoms. The molecule has 0 radical (unpaired) electrons. The molecule has 0 unspecified atom stereocenters. The lowest BCUT2D eigenvalue weighted by Gasteiger charge is -2.01. The summed E-state index contributed by atoms with van der Waals surface area (Å²) < 4.78 is 6.16. The fourth-order valence-corrected chi connectivity index (χ4v) is 2.22. The van der Waals surface area contributed by atoms with Gasteiger partial charge in [-0.1, -0.05) is 11.6 Å². The van der Waals surface area contributed by atoms with E-state index in [0.29, 0.717) is 33.1 Å². The summed E-state index contributed by atoms with van der Waals surface area (Å²) in [6.07, 6.45) is 1.63. The van der Waals surface area contributed by atoms with Crippen molar-refractivity contribution in [1.29, 1.82) is 0 Å². The molecule has 3 heterocycles. The summed E-state index contributed by atoms with van der Waals surface area (Å²) in [5, 5.41) is 4.80. The Balaban J connectivity index is 2.12. The molecule has 0 N–H and O–H groups in total. The number of aromatic nitrogens is 4. The topological polar surface area (TPSA) is 69.9 Å². The number of hydrogen-bond donors (Lipinski definition) is 0. The third-order valence-corrected chi connectivity index (χ3v) is 3.38. The number of carbonyl (C=O) groups is 1. The number of carbonyl (C=O) groups excluding carboxylic acids is 1. The summed E-state index contributed by atoms with van der Waals surface area (Å²) in [5.41, 5.74) is 2.84. The summed E-state index contributed by atoms with van der Waals surface area (Å²) in [6.45, 7) is 0. The van der Waals surface area contributed by atoms with E-state index in [4.69, 9.17) is 16.3 Å². The van der Waals surface area contributed by atoms with E-state index in [9.17, 15) is 4.79 Å². The molecule has 3 rings (SSSR count). The van der Waals surface area contributed by atoms with E-state index in [-0.39, 0.29) is 0 Å². The van der Waals surface area contributed by atoms with Crippen LogP contribution < -0.4 is 0 Å². The van der Waals surface area contributed by atoms with Crippen LogP contribution in [0.5, 0.6) is 0 Å². The summed E-state index contributed by atoms with van der Waals surface area (Å²) in [6, 6.07) is 6.91. The van der Waals surface area contributed by atoms with E-state index in [1.165, 1.54) is 11.8 Å². The van der Waals surface area contributed by atoms with E-state index in [0.717, 1.165) is 0 Å². The summed E-state index contributed by atoms with van der Waals surface area (Å²) in [5.74, 6) is -0.447. The number of ether oxygens (including phenoxy) is 1. The van der Waals surface area contributed by atoms with E-state index in [2.05, 4.69) is 15.1 Å². The van der Waals surface area contributed by atoms with Gasteiger partial charge in [-0.2, -0.15) is 5.10 Å². The molecule has 0 aromatic carbocycles. The number of fused-ring (bicyclic) bond motifs is 1. The van der Waals surface area contributed by atoms with Crippen molar-refractivity contribution < 1.29 is 9.53 Å². The smallest absolute Gasteiger partial charge is 0.356 e. The van der Waals surface area contributed by atoms with Crippen LogP contribution in [0.25, 0.3) is 22.4 Å². The Bertz CT molecular complexity index is 844. The van der Waals surface area contributed by atoms with E-state index >= 15 is 0 Å². The largest absolute Gasteiger partial charge is 0.464 e. The number of nitrogens with zero attached hydrogens (tertiary/aromatic N) is 4. The lowest BCUT2D eigenvalue weighted by atomic mass is 10.2. The third kappa shape index (κ3) is 2.34. The minimum atomic E-state index is -0.447. The summed E-state index contributed by atoms with van der Waals surface area (Å²) in [7, 11) is 3.00. The quantitative estimate of drug-likeness (QED) is 0.680. The first-order chi connectivity index (χ1) is 10.1. The monoisotopic (exact) mass is 302 g/mol. The molecule has 3 aromatic heterocycles. The highest BCUT2D eigenvalue weighted by molar-refractivity contribution is 6.34. The van der Waals surface area contributed by atoms with Crippen LogP contribution in [-0.4, -0.2) is 32.8 Å². The van der Waals surface area contributed by atoms with Gasteiger partial charge < -0.3 is 4.74 Å². The second-order valence-electron chi connectivity index (χ2n) is 4.39. The van der Waals surface area contributed by atoms with Crippen molar-refractivity contribution in [1.82, 2.24) is 19.7 Å². The average molecular weight is 303 g/mol. The molecule has 0 aliphatic carbocycles. The number of methoxy groups -OCH3 is 1. The minimum absolute atomic E-state index is 0.353. The second-order valence-corrected chi connectivity index (χ2v) is 4.79. The fourth-order valence-electron chi connectivity index (χ4n) is 2.02. The number of esters is 1. The average Bonchev–Trinajstić information content (AvgIpc) is 2.88. The maximum Gasteiger partial charge on any atom is 0.356 e. The maximum atomic E-state index is 11.6. The predicted octanol–water partition coefficient (Wildman–Crippen LogP) is 2.47. The van der Waals surface area contributed by atoms with Crippen molar-refractivity contribution in [2.24, 2.45) is 7.05 Å². The Kier molecular flexibility index (Phi) is 3.31. The van der Waals surface area contributed by atoms with E-state index < -0.39 is 5.97 Å². The van der Waals surface area contributed by atoms with Crippen LogP contribution in [0, 0.1) is 0 Å². The highest BCUT2D eigenvalue weighted by Crippen LogP contribution is 2.24. The van der Waals surface area contributed by atoms with Gasteiger partial charge in [-0.25, -0.2) is 9.78 Å². The van der Waals surface area contributed by atoms with E-state index in [1.807, 2.05) is 6.07 Å². The molecular formula is C14H11ClN4O2. The zero-order chi connectivity index (χ0) is 15.0. The van der Waals surface area contributed by atoms with Crippen LogP contribution in [0.4, 0.5) is 0 Å². The first kappa shape index (κ1) is 13.5. The molecule has 0 atom stereocenters. The molecule has 6 nitrogen and oxygen atoms in total. The fraction of sp³-hybridized carbons (Fsp3) is 0.143. The SMILES string of the molecule is COC(=O)c1cc(-c2ccc3nccc(Cl)c3n2)nn1C. The highest BCUT2D eigenvalue weighted by atomic mass is 35.5. The molecular weight excluding hydrogens is 292 g/mol. The van der Waals surface area contributed by atoms with Gasteiger partial charge in [0, 0.05) is 19.3 Å². The van der Waals surface area contributed by atoms with Gasteiger partial charge in [-0.15, -0.1) is 0 Å². The van der Waals surface area contributed by atoms with Crippen LogP contribution in [0.1, 0.15) is 10.5 Å². The maximum absolute atomic E-state index is 11.6. The van der Waals surface area contributed by atoms with Gasteiger partial charge in [-0.05, 0) is 18.2 Å². The molecule has 0 spiro atoms.